The van der Waals surface area contributed by atoms with Crippen molar-refractivity contribution in [2.24, 2.45) is 4.99 Å². The molecule has 3 heterocycles. The van der Waals surface area contributed by atoms with Gasteiger partial charge in [-0.1, -0.05) is 66.7 Å². The molecule has 0 saturated carbocycles. The fourth-order valence-electron chi connectivity index (χ4n) is 4.52. The summed E-state index contributed by atoms with van der Waals surface area (Å²) < 4.78 is 1.61. The number of nitrogens with zero attached hydrogens (tertiary/aromatic N) is 5. The summed E-state index contributed by atoms with van der Waals surface area (Å²) in [4.78, 5) is 13.6. The maximum Gasteiger partial charge on any atom is 0.255 e. The number of aromatic nitrogens is 4. The number of rotatable bonds is 1. The summed E-state index contributed by atoms with van der Waals surface area (Å²) in [5.74, 6) is 0.240. The van der Waals surface area contributed by atoms with Crippen LogP contribution in [0.1, 0.15) is 11.3 Å². The van der Waals surface area contributed by atoms with E-state index in [4.69, 9.17) is 10.1 Å². The summed E-state index contributed by atoms with van der Waals surface area (Å²) in [5.41, 5.74) is 4.81. The van der Waals surface area contributed by atoms with E-state index in [0.717, 1.165) is 49.4 Å². The second-order valence-electron chi connectivity index (χ2n) is 7.81. The summed E-state index contributed by atoms with van der Waals surface area (Å²) in [7, 11) is 0. The van der Waals surface area contributed by atoms with Gasteiger partial charge in [0.2, 0.25) is 5.88 Å². The molecule has 1 aliphatic heterocycles. The molecule has 0 unspecified atom stereocenters. The molecular weight excluding hydrogens is 398 g/mol. The molecular formula is C26H15N5O. The van der Waals surface area contributed by atoms with Gasteiger partial charge in [-0.3, -0.25) is 4.99 Å². The first-order valence-corrected chi connectivity index (χ1v) is 10.3. The van der Waals surface area contributed by atoms with Crippen LogP contribution in [0.25, 0.3) is 50.0 Å². The van der Waals surface area contributed by atoms with Crippen LogP contribution in [-0.4, -0.2) is 30.9 Å². The zero-order chi connectivity index (χ0) is 21.2. The second kappa shape index (κ2) is 6.21. The highest BCUT2D eigenvalue weighted by atomic mass is 16.3. The second-order valence-corrected chi connectivity index (χ2v) is 7.81. The average molecular weight is 413 g/mol. The minimum Gasteiger partial charge on any atom is -0.492 e. The standard InChI is InChI=1S/C26H15N5O/c32-25-22(13-15-14-27-21-12-6-5-7-16(15)21)31-26(29-25)28-23-19-10-3-1-8-17(19)18-9-2-4-11-20(18)24(23)30-31/h1-14,32H/b15-13+. The third-order valence-electron chi connectivity index (χ3n) is 5.99. The maximum atomic E-state index is 10.7. The van der Waals surface area contributed by atoms with Crippen LogP contribution in [0.3, 0.4) is 0 Å². The number of fused-ring (bicyclic) bond motifs is 8. The summed E-state index contributed by atoms with van der Waals surface area (Å²) >= 11 is 0. The largest absolute Gasteiger partial charge is 0.492 e. The van der Waals surface area contributed by atoms with Gasteiger partial charge in [-0.25, -0.2) is 4.98 Å². The van der Waals surface area contributed by atoms with E-state index in [1.807, 2.05) is 60.7 Å². The smallest absolute Gasteiger partial charge is 0.255 e. The van der Waals surface area contributed by atoms with Gasteiger partial charge in [-0.15, -0.1) is 0 Å². The lowest BCUT2D eigenvalue weighted by Gasteiger charge is -2.09. The number of para-hydroxylation sites is 1. The van der Waals surface area contributed by atoms with Crippen LogP contribution in [0.5, 0.6) is 5.88 Å². The van der Waals surface area contributed by atoms with E-state index in [1.54, 1.807) is 10.7 Å². The first-order valence-electron chi connectivity index (χ1n) is 10.3. The number of benzene rings is 4. The molecule has 0 aliphatic carbocycles. The van der Waals surface area contributed by atoms with Crippen molar-refractivity contribution in [1.82, 2.24) is 19.6 Å². The van der Waals surface area contributed by atoms with E-state index in [0.29, 0.717) is 11.5 Å². The average Bonchev–Trinajstić information content (AvgIpc) is 3.39. The quantitative estimate of drug-likeness (QED) is 0.359. The van der Waals surface area contributed by atoms with Crippen LogP contribution in [0.15, 0.2) is 77.8 Å². The van der Waals surface area contributed by atoms with E-state index < -0.39 is 0 Å². The van der Waals surface area contributed by atoms with Crippen molar-refractivity contribution in [3.8, 4) is 5.88 Å². The Morgan fingerprint density at radius 3 is 2.16 bits per heavy atom. The Hall–Kier alpha value is -4.58. The Balaban J connectivity index is 1.58. The summed E-state index contributed by atoms with van der Waals surface area (Å²) in [6.45, 7) is 0. The fraction of sp³-hybridized carbons (Fsp3) is 0. The molecule has 2 aromatic heterocycles. The molecule has 150 valence electrons. The van der Waals surface area contributed by atoms with Gasteiger partial charge in [0.05, 0.1) is 5.69 Å². The third kappa shape index (κ3) is 2.29. The lowest BCUT2D eigenvalue weighted by atomic mass is 10.00. The fourth-order valence-corrected chi connectivity index (χ4v) is 4.52. The topological polar surface area (TPSA) is 75.7 Å². The van der Waals surface area contributed by atoms with Gasteiger partial charge < -0.3 is 5.11 Å². The highest BCUT2D eigenvalue weighted by Gasteiger charge is 2.19. The number of imidazole rings is 1. The number of hydrogen-bond donors (Lipinski definition) is 1. The van der Waals surface area contributed by atoms with Crippen molar-refractivity contribution >= 4 is 61.9 Å². The molecule has 6 aromatic rings. The zero-order valence-electron chi connectivity index (χ0n) is 16.8. The zero-order valence-corrected chi connectivity index (χ0v) is 16.8. The molecule has 6 heteroatoms. The van der Waals surface area contributed by atoms with Gasteiger partial charge in [0.1, 0.15) is 16.7 Å². The number of hydrogen-bond acceptors (Lipinski definition) is 5. The molecule has 4 aromatic carbocycles. The van der Waals surface area contributed by atoms with Crippen LogP contribution in [-0.2, 0) is 0 Å². The SMILES string of the molecule is Oc1nc2nc3c4ccccc4c4ccccc4c3nn2c1/C=C1\C=Nc2ccccc21. The van der Waals surface area contributed by atoms with Crippen molar-refractivity contribution in [2.75, 3.05) is 0 Å². The molecule has 1 N–H and O–H groups in total. The van der Waals surface area contributed by atoms with Gasteiger partial charge in [-0.05, 0) is 22.9 Å². The minimum atomic E-state index is -0.112. The number of aromatic hydroxyl groups is 1. The molecule has 7 rings (SSSR count). The molecule has 6 nitrogen and oxygen atoms in total. The van der Waals surface area contributed by atoms with Crippen LogP contribution in [0.4, 0.5) is 5.69 Å². The van der Waals surface area contributed by atoms with Crippen molar-refractivity contribution < 1.29 is 5.11 Å². The monoisotopic (exact) mass is 413 g/mol. The number of aliphatic imine (C=N–C) groups is 1. The molecule has 0 bridgehead atoms. The van der Waals surface area contributed by atoms with Gasteiger partial charge in [0.25, 0.3) is 5.78 Å². The molecule has 32 heavy (non-hydrogen) atoms. The predicted molar refractivity (Wildman–Crippen MR) is 127 cm³/mol. The minimum absolute atomic E-state index is 0.112. The van der Waals surface area contributed by atoms with Crippen molar-refractivity contribution in [2.45, 2.75) is 0 Å². The van der Waals surface area contributed by atoms with Crippen LogP contribution in [0.2, 0.25) is 0 Å². The summed E-state index contributed by atoms with van der Waals surface area (Å²) in [6, 6.07) is 24.3. The molecule has 0 atom stereocenters. The van der Waals surface area contributed by atoms with Crippen molar-refractivity contribution in [1.29, 1.82) is 0 Å². The van der Waals surface area contributed by atoms with E-state index in [2.05, 4.69) is 28.2 Å². The van der Waals surface area contributed by atoms with Gasteiger partial charge >= 0.3 is 0 Å². The molecule has 1 aliphatic rings. The Morgan fingerprint density at radius 2 is 1.38 bits per heavy atom. The molecule has 0 spiro atoms. The first kappa shape index (κ1) is 17.1. The molecule has 0 radical (unpaired) electrons. The van der Waals surface area contributed by atoms with E-state index in [9.17, 15) is 5.11 Å². The Labute approximate surface area is 181 Å². The van der Waals surface area contributed by atoms with E-state index >= 15 is 0 Å². The number of allylic oxidation sites excluding steroid dienone is 1. The van der Waals surface area contributed by atoms with Crippen LogP contribution >= 0.6 is 0 Å². The predicted octanol–water partition coefficient (Wildman–Crippen LogP) is 5.55. The van der Waals surface area contributed by atoms with Gasteiger partial charge in [0.15, 0.2) is 0 Å². The van der Waals surface area contributed by atoms with Crippen molar-refractivity contribution in [3.05, 3.63) is 84.1 Å². The Bertz CT molecular complexity index is 1800. The lowest BCUT2D eigenvalue weighted by Crippen LogP contribution is -2.00. The van der Waals surface area contributed by atoms with Gasteiger partial charge in [0, 0.05) is 28.1 Å². The Morgan fingerprint density at radius 1 is 0.719 bits per heavy atom. The lowest BCUT2D eigenvalue weighted by molar-refractivity contribution is 0.455. The molecule has 0 fully saturated rings. The highest BCUT2D eigenvalue weighted by molar-refractivity contribution is 6.23. The highest BCUT2D eigenvalue weighted by Crippen LogP contribution is 2.35. The molecule has 0 saturated heterocycles. The van der Waals surface area contributed by atoms with Crippen LogP contribution < -0.4 is 0 Å². The summed E-state index contributed by atoms with van der Waals surface area (Å²) in [5, 5.41) is 19.8. The van der Waals surface area contributed by atoms with Gasteiger partial charge in [-0.2, -0.15) is 14.6 Å². The maximum absolute atomic E-state index is 10.7. The van der Waals surface area contributed by atoms with Crippen LogP contribution in [0, 0.1) is 0 Å². The summed E-state index contributed by atoms with van der Waals surface area (Å²) in [6.07, 6.45) is 3.65. The van der Waals surface area contributed by atoms with Crippen molar-refractivity contribution in [3.63, 3.8) is 0 Å². The molecule has 0 amide bonds. The third-order valence-corrected chi connectivity index (χ3v) is 5.99. The Kier molecular flexibility index (Phi) is 3.33. The first-order chi connectivity index (χ1) is 15.8. The van der Waals surface area contributed by atoms with E-state index in [1.165, 1.54) is 0 Å². The van der Waals surface area contributed by atoms with E-state index in [-0.39, 0.29) is 5.88 Å². The normalized spacial score (nSPS) is 14.3.